The van der Waals surface area contributed by atoms with Gasteiger partial charge in [-0.15, -0.1) is 0 Å². The van der Waals surface area contributed by atoms with Crippen molar-refractivity contribution in [2.45, 2.75) is 57.9 Å². The Morgan fingerprint density at radius 1 is 1.00 bits per heavy atom. The lowest BCUT2D eigenvalue weighted by Crippen LogP contribution is -2.52. The third-order valence-electron chi connectivity index (χ3n) is 7.69. The molecule has 0 aromatic heterocycles. The zero-order valence-electron chi connectivity index (χ0n) is 20.4. The van der Waals surface area contributed by atoms with E-state index in [1.807, 2.05) is 31.2 Å². The van der Waals surface area contributed by atoms with Crippen molar-refractivity contribution in [3.8, 4) is 11.1 Å². The van der Waals surface area contributed by atoms with Crippen LogP contribution >= 0.6 is 0 Å². The van der Waals surface area contributed by atoms with Crippen molar-refractivity contribution in [3.63, 3.8) is 0 Å². The third-order valence-corrected chi connectivity index (χ3v) is 7.69. The minimum Gasteiger partial charge on any atom is -0.481 e. The van der Waals surface area contributed by atoms with Crippen LogP contribution in [0.4, 0.5) is 4.79 Å². The molecular formula is C28H34N2O5. The molecule has 7 heteroatoms. The Morgan fingerprint density at radius 2 is 1.60 bits per heavy atom. The predicted molar refractivity (Wildman–Crippen MR) is 133 cm³/mol. The van der Waals surface area contributed by atoms with Crippen molar-refractivity contribution in [1.82, 2.24) is 10.6 Å². The average molecular weight is 479 g/mol. The Balaban J connectivity index is 1.34. The Labute approximate surface area is 206 Å². The second-order valence-corrected chi connectivity index (χ2v) is 9.90. The van der Waals surface area contributed by atoms with Crippen LogP contribution in [-0.2, 0) is 14.3 Å². The van der Waals surface area contributed by atoms with E-state index >= 15 is 0 Å². The summed E-state index contributed by atoms with van der Waals surface area (Å²) >= 11 is 0. The smallest absolute Gasteiger partial charge is 0.407 e. The number of hydrogen-bond acceptors (Lipinski definition) is 4. The molecule has 0 bridgehead atoms. The summed E-state index contributed by atoms with van der Waals surface area (Å²) in [7, 11) is 0. The lowest BCUT2D eigenvalue weighted by molar-refractivity contribution is -0.144. The number of benzene rings is 2. The molecule has 2 aromatic carbocycles. The summed E-state index contributed by atoms with van der Waals surface area (Å²) in [6.45, 7) is 3.98. The monoisotopic (exact) mass is 478 g/mol. The van der Waals surface area contributed by atoms with E-state index in [9.17, 15) is 19.5 Å². The highest BCUT2D eigenvalue weighted by Gasteiger charge is 2.38. The molecule has 0 radical (unpaired) electrons. The van der Waals surface area contributed by atoms with Crippen molar-refractivity contribution in [3.05, 3.63) is 59.7 Å². The Kier molecular flexibility index (Phi) is 7.43. The van der Waals surface area contributed by atoms with E-state index in [1.54, 1.807) is 6.92 Å². The molecule has 1 saturated carbocycles. The first-order valence-electron chi connectivity index (χ1n) is 12.5. The molecule has 0 spiro atoms. The van der Waals surface area contributed by atoms with Crippen LogP contribution in [0, 0.1) is 11.3 Å². The lowest BCUT2D eigenvalue weighted by Gasteiger charge is -2.34. The van der Waals surface area contributed by atoms with Gasteiger partial charge in [0.15, 0.2) is 0 Å². The van der Waals surface area contributed by atoms with E-state index in [0.29, 0.717) is 19.3 Å². The van der Waals surface area contributed by atoms with Gasteiger partial charge in [0, 0.05) is 18.5 Å². The molecule has 186 valence electrons. The number of aliphatic carboxylic acids is 1. The Hall–Kier alpha value is -3.35. The van der Waals surface area contributed by atoms with Crippen molar-refractivity contribution in [1.29, 1.82) is 0 Å². The normalized spacial score (nSPS) is 20.7. The molecular weight excluding hydrogens is 444 g/mol. The number of carbonyl (C=O) groups is 3. The van der Waals surface area contributed by atoms with Gasteiger partial charge in [0.05, 0.1) is 11.3 Å². The molecule has 2 aliphatic carbocycles. The van der Waals surface area contributed by atoms with Crippen LogP contribution in [0.15, 0.2) is 48.5 Å². The maximum Gasteiger partial charge on any atom is 0.407 e. The molecule has 2 aromatic rings. The van der Waals surface area contributed by atoms with Gasteiger partial charge in [0.1, 0.15) is 6.61 Å². The molecule has 2 amide bonds. The maximum absolute atomic E-state index is 13.1. The number of fused-ring (bicyclic) bond motifs is 3. The first kappa shape index (κ1) is 24.8. The van der Waals surface area contributed by atoms with Crippen LogP contribution in [0.1, 0.15) is 63.0 Å². The molecule has 2 aliphatic rings. The minimum atomic E-state index is -0.870. The number of carbonyl (C=O) groups excluding carboxylic acids is 2. The number of hydrogen-bond donors (Lipinski definition) is 3. The van der Waals surface area contributed by atoms with E-state index in [2.05, 4.69) is 34.9 Å². The molecule has 1 fully saturated rings. The largest absolute Gasteiger partial charge is 0.481 e. The summed E-state index contributed by atoms with van der Waals surface area (Å²) in [5.41, 5.74) is 3.73. The molecule has 3 N–H and O–H groups in total. The van der Waals surface area contributed by atoms with Gasteiger partial charge in [-0.05, 0) is 48.4 Å². The van der Waals surface area contributed by atoms with Crippen molar-refractivity contribution < 1.29 is 24.2 Å². The zero-order chi connectivity index (χ0) is 25.0. The van der Waals surface area contributed by atoms with Crippen LogP contribution in [0.5, 0.6) is 0 Å². The number of carboxylic acid groups (broad SMARTS) is 1. The number of carboxylic acids is 1. The van der Waals surface area contributed by atoms with Gasteiger partial charge in [-0.2, -0.15) is 0 Å². The van der Waals surface area contributed by atoms with E-state index in [-0.39, 0.29) is 31.0 Å². The minimum absolute atomic E-state index is 0.0340. The highest BCUT2D eigenvalue weighted by Crippen LogP contribution is 2.44. The molecule has 0 aliphatic heterocycles. The SMILES string of the molecule is CCC(C)(CNC(=O)OCC1c2ccccc2-c2ccccc21)C(=O)NC1CCCCC1C(=O)O. The van der Waals surface area contributed by atoms with Gasteiger partial charge in [0.2, 0.25) is 5.91 Å². The molecule has 3 unspecified atom stereocenters. The molecule has 4 rings (SSSR count). The van der Waals surface area contributed by atoms with Gasteiger partial charge in [-0.25, -0.2) is 4.79 Å². The summed E-state index contributed by atoms with van der Waals surface area (Å²) < 4.78 is 5.60. The number of amides is 2. The van der Waals surface area contributed by atoms with Crippen LogP contribution < -0.4 is 10.6 Å². The maximum atomic E-state index is 13.1. The van der Waals surface area contributed by atoms with Gasteiger partial charge in [0.25, 0.3) is 0 Å². The average Bonchev–Trinajstić information content (AvgIpc) is 3.20. The van der Waals surface area contributed by atoms with Crippen LogP contribution in [0.2, 0.25) is 0 Å². The first-order valence-corrected chi connectivity index (χ1v) is 12.5. The summed E-state index contributed by atoms with van der Waals surface area (Å²) in [5, 5.41) is 15.2. The summed E-state index contributed by atoms with van der Waals surface area (Å²) in [6.07, 6.45) is 2.91. The summed E-state index contributed by atoms with van der Waals surface area (Å²) in [4.78, 5) is 37.3. The number of rotatable bonds is 8. The quantitative estimate of drug-likeness (QED) is 0.510. The lowest BCUT2D eigenvalue weighted by atomic mass is 9.82. The highest BCUT2D eigenvalue weighted by atomic mass is 16.5. The standard InChI is InChI=1S/C28H34N2O5/c1-3-28(2,26(33)30-24-15-9-8-14-22(24)25(31)32)17-29-27(34)35-16-23-20-12-6-4-10-18(20)19-11-5-7-13-21(19)23/h4-7,10-13,22-24H,3,8-9,14-17H2,1-2H3,(H,29,34)(H,30,33)(H,31,32). The van der Waals surface area contributed by atoms with Gasteiger partial charge >= 0.3 is 12.1 Å². The van der Waals surface area contributed by atoms with Crippen LogP contribution in [0.25, 0.3) is 11.1 Å². The molecule has 7 nitrogen and oxygen atoms in total. The van der Waals surface area contributed by atoms with Gasteiger partial charge in [-0.3, -0.25) is 9.59 Å². The second-order valence-electron chi connectivity index (χ2n) is 9.90. The van der Waals surface area contributed by atoms with E-state index in [0.717, 1.165) is 35.1 Å². The van der Waals surface area contributed by atoms with Crippen LogP contribution in [0.3, 0.4) is 0 Å². The van der Waals surface area contributed by atoms with E-state index in [4.69, 9.17) is 4.74 Å². The van der Waals surface area contributed by atoms with E-state index < -0.39 is 23.4 Å². The van der Waals surface area contributed by atoms with Gasteiger partial charge in [-0.1, -0.05) is 68.3 Å². The first-order chi connectivity index (χ1) is 16.8. The third kappa shape index (κ3) is 5.19. The van der Waals surface area contributed by atoms with Crippen molar-refractivity contribution >= 4 is 18.0 Å². The topological polar surface area (TPSA) is 105 Å². The molecule has 3 atom stereocenters. The second kappa shape index (κ2) is 10.5. The fraction of sp³-hybridized carbons (Fsp3) is 0.464. The fourth-order valence-electron chi connectivity index (χ4n) is 5.22. The van der Waals surface area contributed by atoms with Crippen LogP contribution in [-0.4, -0.2) is 42.3 Å². The van der Waals surface area contributed by atoms with Crippen molar-refractivity contribution in [2.75, 3.05) is 13.2 Å². The Morgan fingerprint density at radius 3 is 2.20 bits per heavy atom. The predicted octanol–water partition coefficient (Wildman–Crippen LogP) is 4.70. The highest BCUT2D eigenvalue weighted by molar-refractivity contribution is 5.84. The van der Waals surface area contributed by atoms with Gasteiger partial charge < -0.3 is 20.5 Å². The van der Waals surface area contributed by atoms with Crippen molar-refractivity contribution in [2.24, 2.45) is 11.3 Å². The fourth-order valence-corrected chi connectivity index (χ4v) is 5.22. The van der Waals surface area contributed by atoms with E-state index in [1.165, 1.54) is 0 Å². The molecule has 0 heterocycles. The number of alkyl carbamates (subject to hydrolysis) is 1. The summed E-state index contributed by atoms with van der Waals surface area (Å²) in [5.74, 6) is -1.71. The summed E-state index contributed by atoms with van der Waals surface area (Å²) in [6, 6.07) is 15.9. The molecule has 0 saturated heterocycles. The molecule has 35 heavy (non-hydrogen) atoms. The zero-order valence-corrected chi connectivity index (χ0v) is 20.4. The number of ether oxygens (including phenoxy) is 1. The number of nitrogens with one attached hydrogen (secondary N) is 2. The Bertz CT molecular complexity index is 1050.